The highest BCUT2D eigenvalue weighted by Gasteiger charge is 2.16. The predicted molar refractivity (Wildman–Crippen MR) is 88.1 cm³/mol. The third kappa shape index (κ3) is 4.80. The summed E-state index contributed by atoms with van der Waals surface area (Å²) in [5.74, 6) is 0.924. The number of benzene rings is 1. The number of carbonyl (C=O) groups excluding carboxylic acids is 1. The molecule has 0 saturated carbocycles. The molecule has 0 spiro atoms. The molecule has 1 aromatic carbocycles. The van der Waals surface area contributed by atoms with Gasteiger partial charge < -0.3 is 9.15 Å². The minimum absolute atomic E-state index is 0.226. The fourth-order valence-corrected chi connectivity index (χ4v) is 2.51. The van der Waals surface area contributed by atoms with Crippen LogP contribution in [-0.4, -0.2) is 23.8 Å². The minimum atomic E-state index is -0.346. The van der Waals surface area contributed by atoms with Gasteiger partial charge in [0.2, 0.25) is 5.91 Å². The molecule has 6 nitrogen and oxygen atoms in total. The molecule has 128 valence electrons. The molecule has 2 heterocycles. The van der Waals surface area contributed by atoms with Crippen LogP contribution in [0.2, 0.25) is 5.02 Å². The first-order valence-electron chi connectivity index (χ1n) is 7.97. The van der Waals surface area contributed by atoms with E-state index >= 15 is 0 Å². The number of aryl methyl sites for hydroxylation is 1. The molecule has 24 heavy (non-hydrogen) atoms. The van der Waals surface area contributed by atoms with Gasteiger partial charge in [-0.05, 0) is 37.1 Å². The summed E-state index contributed by atoms with van der Waals surface area (Å²) in [5, 5.41) is 0.664. The first-order chi connectivity index (χ1) is 11.7. The summed E-state index contributed by atoms with van der Waals surface area (Å²) in [7, 11) is 0. The van der Waals surface area contributed by atoms with Crippen LogP contribution in [0.25, 0.3) is 11.3 Å². The number of hydrogen-bond donors (Lipinski definition) is 1. The average Bonchev–Trinajstić information content (AvgIpc) is 3.09. The van der Waals surface area contributed by atoms with Gasteiger partial charge in [-0.2, -0.15) is 0 Å². The summed E-state index contributed by atoms with van der Waals surface area (Å²) in [5.41, 5.74) is 3.31. The molecule has 7 heteroatoms. The molecule has 1 aromatic heterocycles. The first kappa shape index (κ1) is 17.0. The summed E-state index contributed by atoms with van der Waals surface area (Å²) in [6.45, 7) is 0.671. The molecule has 1 atom stereocenters. The van der Waals surface area contributed by atoms with E-state index in [0.717, 1.165) is 24.8 Å². The smallest absolute Gasteiger partial charge is 0.244 e. The van der Waals surface area contributed by atoms with Gasteiger partial charge in [-0.25, -0.2) is 15.3 Å². The van der Waals surface area contributed by atoms with Crippen LogP contribution in [0, 0.1) is 0 Å². The number of oxazole rings is 1. The molecular weight excluding hydrogens is 332 g/mol. The number of nitrogens with zero attached hydrogens (tertiary/aromatic N) is 1. The van der Waals surface area contributed by atoms with Crippen LogP contribution < -0.4 is 5.48 Å². The van der Waals surface area contributed by atoms with Crippen molar-refractivity contribution in [2.24, 2.45) is 0 Å². The Bertz CT molecular complexity index is 665. The quantitative estimate of drug-likeness (QED) is 0.807. The summed E-state index contributed by atoms with van der Waals surface area (Å²) in [6, 6.07) is 7.29. The Morgan fingerprint density at radius 1 is 1.33 bits per heavy atom. The van der Waals surface area contributed by atoms with E-state index in [0.29, 0.717) is 29.7 Å². The van der Waals surface area contributed by atoms with E-state index < -0.39 is 0 Å². The zero-order valence-electron chi connectivity index (χ0n) is 13.2. The van der Waals surface area contributed by atoms with E-state index in [1.807, 2.05) is 12.1 Å². The Morgan fingerprint density at radius 3 is 2.92 bits per heavy atom. The Labute approximate surface area is 145 Å². The number of hydrogen-bond acceptors (Lipinski definition) is 5. The highest BCUT2D eigenvalue weighted by molar-refractivity contribution is 6.30. The number of nitrogens with one attached hydrogen (secondary N) is 1. The number of aromatic nitrogens is 1. The second-order valence-corrected chi connectivity index (χ2v) is 6.00. The van der Waals surface area contributed by atoms with Gasteiger partial charge in [-0.15, -0.1) is 0 Å². The maximum atomic E-state index is 11.8. The highest BCUT2D eigenvalue weighted by atomic mass is 35.5. The molecule has 0 aliphatic carbocycles. The van der Waals surface area contributed by atoms with Crippen LogP contribution in [0.5, 0.6) is 0 Å². The SMILES string of the molecule is O=C(CCc1ncc(-c2ccc(Cl)cc2)o1)NO[C@H]1CCCCO1. The lowest BCUT2D eigenvalue weighted by atomic mass is 10.2. The van der Waals surface area contributed by atoms with E-state index in [1.54, 1.807) is 18.3 Å². The van der Waals surface area contributed by atoms with Crippen molar-refractivity contribution in [2.45, 2.75) is 38.4 Å². The van der Waals surface area contributed by atoms with Gasteiger partial charge in [-0.1, -0.05) is 11.6 Å². The summed E-state index contributed by atoms with van der Waals surface area (Å²) >= 11 is 5.86. The average molecular weight is 351 g/mol. The van der Waals surface area contributed by atoms with E-state index in [2.05, 4.69) is 10.5 Å². The summed E-state index contributed by atoms with van der Waals surface area (Å²) in [6.07, 6.45) is 4.80. The molecule has 0 unspecified atom stereocenters. The maximum Gasteiger partial charge on any atom is 0.244 e. The molecule has 0 radical (unpaired) electrons. The summed E-state index contributed by atoms with van der Waals surface area (Å²) < 4.78 is 11.0. The maximum absolute atomic E-state index is 11.8. The zero-order valence-corrected chi connectivity index (χ0v) is 13.9. The van der Waals surface area contributed by atoms with Gasteiger partial charge in [0.1, 0.15) is 0 Å². The van der Waals surface area contributed by atoms with Crippen molar-refractivity contribution in [3.8, 4) is 11.3 Å². The third-order valence-electron chi connectivity index (χ3n) is 3.69. The zero-order chi connectivity index (χ0) is 16.8. The Balaban J connectivity index is 1.44. The van der Waals surface area contributed by atoms with Gasteiger partial charge in [-0.3, -0.25) is 4.79 Å². The lowest BCUT2D eigenvalue weighted by Gasteiger charge is -2.21. The molecule has 1 saturated heterocycles. The molecule has 1 aliphatic heterocycles. The molecule has 1 fully saturated rings. The lowest BCUT2D eigenvalue weighted by Crippen LogP contribution is -2.33. The fraction of sp³-hybridized carbons (Fsp3) is 0.412. The van der Waals surface area contributed by atoms with Gasteiger partial charge >= 0.3 is 0 Å². The molecule has 1 amide bonds. The number of halogens is 1. The van der Waals surface area contributed by atoms with Crippen LogP contribution >= 0.6 is 11.6 Å². The predicted octanol–water partition coefficient (Wildman–Crippen LogP) is 3.50. The lowest BCUT2D eigenvalue weighted by molar-refractivity contribution is -0.200. The number of rotatable bonds is 6. The van der Waals surface area contributed by atoms with Crippen LogP contribution in [0.15, 0.2) is 34.9 Å². The topological polar surface area (TPSA) is 73.6 Å². The van der Waals surface area contributed by atoms with Crippen molar-refractivity contribution < 1.29 is 18.8 Å². The van der Waals surface area contributed by atoms with Crippen LogP contribution in [0.1, 0.15) is 31.6 Å². The molecular formula is C17H19ClN2O4. The summed E-state index contributed by atoms with van der Waals surface area (Å²) in [4.78, 5) is 21.2. The van der Waals surface area contributed by atoms with Crippen molar-refractivity contribution in [1.29, 1.82) is 0 Å². The van der Waals surface area contributed by atoms with Crippen molar-refractivity contribution in [1.82, 2.24) is 10.5 Å². The van der Waals surface area contributed by atoms with Crippen molar-refractivity contribution in [2.75, 3.05) is 6.61 Å². The third-order valence-corrected chi connectivity index (χ3v) is 3.94. The molecule has 0 bridgehead atoms. The van der Waals surface area contributed by atoms with Crippen molar-refractivity contribution >= 4 is 17.5 Å². The number of ether oxygens (including phenoxy) is 1. The second-order valence-electron chi connectivity index (χ2n) is 5.56. The normalized spacial score (nSPS) is 17.6. The minimum Gasteiger partial charge on any atom is -0.441 e. The van der Waals surface area contributed by atoms with Gasteiger partial charge in [0.25, 0.3) is 0 Å². The van der Waals surface area contributed by atoms with Crippen molar-refractivity contribution in [3.63, 3.8) is 0 Å². The monoisotopic (exact) mass is 350 g/mol. The van der Waals surface area contributed by atoms with E-state index in [-0.39, 0.29) is 18.6 Å². The van der Waals surface area contributed by atoms with E-state index in [9.17, 15) is 4.79 Å². The Kier molecular flexibility index (Phi) is 5.85. The molecule has 1 aliphatic rings. The molecule has 1 N–H and O–H groups in total. The van der Waals surface area contributed by atoms with Crippen LogP contribution in [0.3, 0.4) is 0 Å². The van der Waals surface area contributed by atoms with Crippen LogP contribution in [-0.2, 0) is 20.8 Å². The van der Waals surface area contributed by atoms with Crippen molar-refractivity contribution in [3.05, 3.63) is 41.4 Å². The second kappa shape index (κ2) is 8.28. The standard InChI is InChI=1S/C17H19ClN2O4/c18-13-6-4-12(5-7-13)14-11-19-16(23-14)9-8-15(21)20-24-17-3-1-2-10-22-17/h4-7,11,17H,1-3,8-10H2,(H,20,21)/t17-/m0/s1. The van der Waals surface area contributed by atoms with Gasteiger partial charge in [0, 0.05) is 36.5 Å². The molecule has 3 rings (SSSR count). The first-order valence-corrected chi connectivity index (χ1v) is 8.35. The highest BCUT2D eigenvalue weighted by Crippen LogP contribution is 2.22. The van der Waals surface area contributed by atoms with E-state index in [1.165, 1.54) is 0 Å². The van der Waals surface area contributed by atoms with Crippen LogP contribution in [0.4, 0.5) is 0 Å². The Hall–Kier alpha value is -1.89. The fourth-order valence-electron chi connectivity index (χ4n) is 2.38. The molecule has 2 aromatic rings. The number of amides is 1. The largest absolute Gasteiger partial charge is 0.441 e. The number of hydroxylamine groups is 1. The Morgan fingerprint density at radius 2 is 2.17 bits per heavy atom. The number of carbonyl (C=O) groups is 1. The van der Waals surface area contributed by atoms with Gasteiger partial charge in [0.05, 0.1) is 6.20 Å². The van der Waals surface area contributed by atoms with E-state index in [4.69, 9.17) is 25.6 Å². The van der Waals surface area contributed by atoms with Gasteiger partial charge in [0.15, 0.2) is 17.9 Å².